The van der Waals surface area contributed by atoms with Gasteiger partial charge in [-0.15, -0.1) is 0 Å². The predicted octanol–water partition coefficient (Wildman–Crippen LogP) is 1.49. The number of ether oxygens (including phenoxy) is 2. The molecular formula is C8H14O3. The van der Waals surface area contributed by atoms with E-state index in [1.54, 1.807) is 20.8 Å². The van der Waals surface area contributed by atoms with Gasteiger partial charge in [0.05, 0.1) is 12.9 Å². The van der Waals surface area contributed by atoms with Gasteiger partial charge in [-0.1, -0.05) is 6.58 Å². The molecule has 0 bridgehead atoms. The van der Waals surface area contributed by atoms with Crippen LogP contribution in [0.1, 0.15) is 20.8 Å². The summed E-state index contributed by atoms with van der Waals surface area (Å²) in [6.45, 7) is 8.48. The second kappa shape index (κ2) is 3.42. The topological polar surface area (TPSA) is 35.5 Å². The highest BCUT2D eigenvalue weighted by Gasteiger charge is 2.30. The van der Waals surface area contributed by atoms with Crippen molar-refractivity contribution in [2.75, 3.05) is 7.11 Å². The molecule has 3 nitrogen and oxygen atoms in total. The van der Waals surface area contributed by atoms with Crippen LogP contribution in [0.2, 0.25) is 0 Å². The summed E-state index contributed by atoms with van der Waals surface area (Å²) in [5, 5.41) is 0. The molecule has 0 spiro atoms. The summed E-state index contributed by atoms with van der Waals surface area (Å²) in [5.74, 6) is 0.0981. The molecule has 0 saturated heterocycles. The number of hydrogen-bond acceptors (Lipinski definition) is 3. The van der Waals surface area contributed by atoms with Crippen molar-refractivity contribution >= 4 is 5.97 Å². The van der Waals surface area contributed by atoms with Crippen molar-refractivity contribution in [1.29, 1.82) is 0 Å². The van der Waals surface area contributed by atoms with Gasteiger partial charge in [0.15, 0.2) is 5.60 Å². The Balaban J connectivity index is 4.21. The third-order valence-electron chi connectivity index (χ3n) is 1.11. The molecule has 0 unspecified atom stereocenters. The first-order valence-corrected chi connectivity index (χ1v) is 3.33. The predicted molar refractivity (Wildman–Crippen MR) is 42.0 cm³/mol. The molecule has 0 aliphatic heterocycles. The third-order valence-corrected chi connectivity index (χ3v) is 1.11. The van der Waals surface area contributed by atoms with E-state index in [4.69, 9.17) is 4.74 Å². The molecule has 0 saturated carbocycles. The monoisotopic (exact) mass is 158 g/mol. The Morgan fingerprint density at radius 2 is 1.91 bits per heavy atom. The fourth-order valence-corrected chi connectivity index (χ4v) is 0.723. The van der Waals surface area contributed by atoms with Crippen LogP contribution >= 0.6 is 0 Å². The SMILES string of the molecule is C=C(C)OC(C)(C)C(=O)OC. The molecule has 3 heteroatoms. The summed E-state index contributed by atoms with van der Waals surface area (Å²) >= 11 is 0. The minimum absolute atomic E-state index is 0.402. The van der Waals surface area contributed by atoms with Gasteiger partial charge in [0.2, 0.25) is 0 Å². The highest BCUT2D eigenvalue weighted by Crippen LogP contribution is 2.14. The Kier molecular flexibility index (Phi) is 3.11. The molecule has 0 aliphatic rings. The quantitative estimate of drug-likeness (QED) is 0.461. The molecule has 0 atom stereocenters. The van der Waals surface area contributed by atoms with Crippen LogP contribution < -0.4 is 0 Å². The van der Waals surface area contributed by atoms with Gasteiger partial charge in [0.25, 0.3) is 0 Å². The second-order valence-corrected chi connectivity index (χ2v) is 2.81. The molecule has 0 aromatic carbocycles. The number of rotatable bonds is 3. The van der Waals surface area contributed by atoms with Crippen LogP contribution in [-0.4, -0.2) is 18.7 Å². The van der Waals surface area contributed by atoms with Crippen LogP contribution in [0.15, 0.2) is 12.3 Å². The minimum atomic E-state index is -0.930. The fourth-order valence-electron chi connectivity index (χ4n) is 0.723. The number of hydrogen-bond donors (Lipinski definition) is 0. The highest BCUT2D eigenvalue weighted by molar-refractivity contribution is 5.78. The maximum absolute atomic E-state index is 11.0. The molecule has 11 heavy (non-hydrogen) atoms. The zero-order chi connectivity index (χ0) is 9.07. The van der Waals surface area contributed by atoms with E-state index in [1.165, 1.54) is 7.11 Å². The van der Waals surface area contributed by atoms with Gasteiger partial charge in [-0.05, 0) is 20.8 Å². The summed E-state index contributed by atoms with van der Waals surface area (Å²) in [4.78, 5) is 11.0. The first kappa shape index (κ1) is 10.0. The number of allylic oxidation sites excluding steroid dienone is 1. The van der Waals surface area contributed by atoms with Gasteiger partial charge in [0.1, 0.15) is 0 Å². The fraction of sp³-hybridized carbons (Fsp3) is 0.625. The van der Waals surface area contributed by atoms with Crippen LogP contribution in [0.3, 0.4) is 0 Å². The lowest BCUT2D eigenvalue weighted by molar-refractivity contribution is -0.160. The summed E-state index contributed by atoms with van der Waals surface area (Å²) in [6.07, 6.45) is 0. The van der Waals surface area contributed by atoms with Gasteiger partial charge < -0.3 is 9.47 Å². The number of methoxy groups -OCH3 is 1. The molecule has 0 aliphatic carbocycles. The molecule has 0 fully saturated rings. The van der Waals surface area contributed by atoms with E-state index in [2.05, 4.69) is 11.3 Å². The number of esters is 1. The van der Waals surface area contributed by atoms with Crippen LogP contribution in [0.25, 0.3) is 0 Å². The second-order valence-electron chi connectivity index (χ2n) is 2.81. The summed E-state index contributed by atoms with van der Waals surface area (Å²) < 4.78 is 9.63. The molecule has 0 heterocycles. The van der Waals surface area contributed by atoms with Crippen LogP contribution in [-0.2, 0) is 14.3 Å². The summed E-state index contributed by atoms with van der Waals surface area (Å²) in [7, 11) is 1.33. The molecular weight excluding hydrogens is 144 g/mol. The Bertz CT molecular complexity index is 170. The Morgan fingerprint density at radius 3 is 2.18 bits per heavy atom. The Hall–Kier alpha value is -0.990. The number of carbonyl (C=O) groups is 1. The highest BCUT2D eigenvalue weighted by atomic mass is 16.6. The van der Waals surface area contributed by atoms with Crippen molar-refractivity contribution in [3.63, 3.8) is 0 Å². The zero-order valence-electron chi connectivity index (χ0n) is 7.43. The van der Waals surface area contributed by atoms with Gasteiger partial charge >= 0.3 is 5.97 Å². The van der Waals surface area contributed by atoms with Gasteiger partial charge in [-0.25, -0.2) is 4.79 Å². The maximum atomic E-state index is 11.0. The molecule has 0 amide bonds. The van der Waals surface area contributed by atoms with E-state index in [0.29, 0.717) is 5.76 Å². The van der Waals surface area contributed by atoms with Crippen molar-refractivity contribution < 1.29 is 14.3 Å². The Labute approximate surface area is 67.0 Å². The van der Waals surface area contributed by atoms with E-state index in [1.807, 2.05) is 0 Å². The first-order valence-electron chi connectivity index (χ1n) is 3.33. The van der Waals surface area contributed by atoms with E-state index in [-0.39, 0.29) is 0 Å². The van der Waals surface area contributed by atoms with Crippen LogP contribution in [0.4, 0.5) is 0 Å². The van der Waals surface area contributed by atoms with Gasteiger partial charge in [-0.2, -0.15) is 0 Å². The van der Waals surface area contributed by atoms with E-state index in [9.17, 15) is 4.79 Å². The summed E-state index contributed by atoms with van der Waals surface area (Å²) in [5.41, 5.74) is -0.930. The maximum Gasteiger partial charge on any atom is 0.349 e. The van der Waals surface area contributed by atoms with Crippen molar-refractivity contribution in [2.45, 2.75) is 26.4 Å². The van der Waals surface area contributed by atoms with E-state index < -0.39 is 11.6 Å². The molecule has 0 radical (unpaired) electrons. The van der Waals surface area contributed by atoms with Crippen LogP contribution in [0.5, 0.6) is 0 Å². The van der Waals surface area contributed by atoms with Gasteiger partial charge in [-0.3, -0.25) is 0 Å². The third kappa shape index (κ3) is 3.07. The molecule has 0 aromatic rings. The largest absolute Gasteiger partial charge is 0.481 e. The normalized spacial score (nSPS) is 10.5. The van der Waals surface area contributed by atoms with Crippen molar-refractivity contribution in [2.24, 2.45) is 0 Å². The lowest BCUT2D eigenvalue weighted by atomic mass is 10.1. The molecule has 0 rings (SSSR count). The number of carbonyl (C=O) groups excluding carboxylic acids is 1. The summed E-state index contributed by atoms with van der Waals surface area (Å²) in [6, 6.07) is 0. The van der Waals surface area contributed by atoms with Crippen molar-refractivity contribution in [1.82, 2.24) is 0 Å². The zero-order valence-corrected chi connectivity index (χ0v) is 7.43. The minimum Gasteiger partial charge on any atom is -0.481 e. The van der Waals surface area contributed by atoms with Crippen molar-refractivity contribution in [3.8, 4) is 0 Å². The van der Waals surface area contributed by atoms with Crippen LogP contribution in [0, 0.1) is 0 Å². The van der Waals surface area contributed by atoms with Gasteiger partial charge in [0, 0.05) is 0 Å². The molecule has 64 valence electrons. The average molecular weight is 158 g/mol. The average Bonchev–Trinajstić information content (AvgIpc) is 1.83. The molecule has 0 N–H and O–H groups in total. The first-order chi connectivity index (χ1) is 4.90. The van der Waals surface area contributed by atoms with E-state index in [0.717, 1.165) is 0 Å². The lowest BCUT2D eigenvalue weighted by Crippen LogP contribution is -2.35. The molecule has 0 aromatic heterocycles. The van der Waals surface area contributed by atoms with E-state index >= 15 is 0 Å². The Morgan fingerprint density at radius 1 is 1.45 bits per heavy atom. The smallest absolute Gasteiger partial charge is 0.349 e. The lowest BCUT2D eigenvalue weighted by Gasteiger charge is -2.22. The van der Waals surface area contributed by atoms with Crippen molar-refractivity contribution in [3.05, 3.63) is 12.3 Å². The standard InChI is InChI=1S/C8H14O3/c1-6(2)11-8(3,4)7(9)10-5/h1H2,2-5H3.